The molecule has 1 saturated carbocycles. The molecule has 1 saturated heterocycles. The Morgan fingerprint density at radius 3 is 2.81 bits per heavy atom. The summed E-state index contributed by atoms with van der Waals surface area (Å²) in [5.74, 6) is 1.65. The van der Waals surface area contributed by atoms with E-state index in [1.165, 1.54) is 6.33 Å². The van der Waals surface area contributed by atoms with Gasteiger partial charge in [-0.25, -0.2) is 24.9 Å². The fourth-order valence-electron chi connectivity index (χ4n) is 4.95. The largest absolute Gasteiger partial charge is 0.383 e. The van der Waals surface area contributed by atoms with Crippen LogP contribution < -0.4 is 5.73 Å². The van der Waals surface area contributed by atoms with Crippen molar-refractivity contribution in [2.75, 3.05) is 18.8 Å². The summed E-state index contributed by atoms with van der Waals surface area (Å²) in [4.78, 5) is 37.9. The molecule has 3 aromatic rings. The standard InChI is InChI=1S/C26H30N8O2/c1-15(9-21(35)23-16(24(27)30-14-29-23)13-34-7-3-4-8-34)22-11-19(33-36-22)17-10-18-20(31-17)12-28-25(32-18)26(2)5-6-26/h11-12,14-15H,3-10,13H2,1-2H3,(H2,27,29,30)/t15-/m0/s1. The van der Waals surface area contributed by atoms with Crippen LogP contribution in [0.4, 0.5) is 11.5 Å². The summed E-state index contributed by atoms with van der Waals surface area (Å²) in [5, 5.41) is 4.25. The van der Waals surface area contributed by atoms with E-state index in [4.69, 9.17) is 15.2 Å². The molecule has 10 nitrogen and oxygen atoms in total. The minimum absolute atomic E-state index is 0.0780. The second-order valence-corrected chi connectivity index (χ2v) is 10.5. The predicted molar refractivity (Wildman–Crippen MR) is 133 cm³/mol. The number of nitrogen functional groups attached to an aromatic ring is 1. The number of hydrogen-bond acceptors (Lipinski definition) is 10. The Hall–Kier alpha value is -3.53. The molecule has 5 heterocycles. The maximum atomic E-state index is 13.2. The van der Waals surface area contributed by atoms with Gasteiger partial charge in [-0.3, -0.25) is 9.69 Å². The summed E-state index contributed by atoms with van der Waals surface area (Å²) in [6.45, 7) is 6.74. The van der Waals surface area contributed by atoms with E-state index in [9.17, 15) is 4.79 Å². The van der Waals surface area contributed by atoms with E-state index >= 15 is 0 Å². The van der Waals surface area contributed by atoms with Gasteiger partial charge in [0.1, 0.15) is 40.8 Å². The van der Waals surface area contributed by atoms with E-state index in [1.807, 2.05) is 19.2 Å². The molecule has 0 spiro atoms. The molecule has 2 aliphatic heterocycles. The van der Waals surface area contributed by atoms with E-state index in [0.717, 1.165) is 61.7 Å². The molecule has 2 N–H and O–H groups in total. The zero-order chi connectivity index (χ0) is 24.9. The summed E-state index contributed by atoms with van der Waals surface area (Å²) in [5.41, 5.74) is 10.6. The third-order valence-electron chi connectivity index (χ3n) is 7.60. The molecule has 0 amide bonds. The number of carbonyl (C=O) groups is 1. The molecule has 1 aliphatic carbocycles. The Morgan fingerprint density at radius 1 is 1.22 bits per heavy atom. The van der Waals surface area contributed by atoms with Crippen molar-refractivity contribution in [1.29, 1.82) is 0 Å². The van der Waals surface area contributed by atoms with Gasteiger partial charge in [-0.2, -0.15) is 0 Å². The van der Waals surface area contributed by atoms with Crippen LogP contribution in [0.15, 0.2) is 28.1 Å². The van der Waals surface area contributed by atoms with Crippen molar-refractivity contribution in [2.24, 2.45) is 4.99 Å². The van der Waals surface area contributed by atoms with Crippen LogP contribution in [0.2, 0.25) is 0 Å². The van der Waals surface area contributed by atoms with Gasteiger partial charge in [-0.15, -0.1) is 0 Å². The Bertz CT molecular complexity index is 1350. The lowest BCUT2D eigenvalue weighted by Crippen LogP contribution is -2.23. The summed E-state index contributed by atoms with van der Waals surface area (Å²) >= 11 is 0. The molecular weight excluding hydrogens is 456 g/mol. The number of carbonyl (C=O) groups excluding carboxylic acids is 1. The van der Waals surface area contributed by atoms with Crippen LogP contribution in [0.1, 0.15) is 90.9 Å². The Kier molecular flexibility index (Phi) is 5.63. The maximum absolute atomic E-state index is 13.2. The van der Waals surface area contributed by atoms with Crippen molar-refractivity contribution in [3.63, 3.8) is 0 Å². The van der Waals surface area contributed by atoms with Crippen molar-refractivity contribution >= 4 is 23.0 Å². The summed E-state index contributed by atoms with van der Waals surface area (Å²) in [7, 11) is 0. The van der Waals surface area contributed by atoms with Crippen molar-refractivity contribution in [3.05, 3.63) is 52.8 Å². The number of nitrogens with two attached hydrogens (primary N) is 1. The number of hydrogen-bond donors (Lipinski definition) is 1. The maximum Gasteiger partial charge on any atom is 0.182 e. The van der Waals surface area contributed by atoms with Gasteiger partial charge in [0.2, 0.25) is 0 Å². The van der Waals surface area contributed by atoms with E-state index in [2.05, 4.69) is 36.9 Å². The zero-order valence-electron chi connectivity index (χ0n) is 20.7. The van der Waals surface area contributed by atoms with Gasteiger partial charge in [-0.1, -0.05) is 19.0 Å². The minimum atomic E-state index is -0.180. The molecule has 0 aromatic carbocycles. The first-order valence-electron chi connectivity index (χ1n) is 12.7. The van der Waals surface area contributed by atoms with E-state index < -0.39 is 0 Å². The summed E-state index contributed by atoms with van der Waals surface area (Å²) in [6.07, 6.45) is 8.58. The van der Waals surface area contributed by atoms with Gasteiger partial charge >= 0.3 is 0 Å². The first-order valence-corrected chi connectivity index (χ1v) is 12.7. The van der Waals surface area contributed by atoms with E-state index in [0.29, 0.717) is 41.5 Å². The number of rotatable bonds is 8. The van der Waals surface area contributed by atoms with Crippen LogP contribution in [0.3, 0.4) is 0 Å². The Labute approximate surface area is 209 Å². The number of ketones is 1. The average Bonchev–Trinajstić information content (AvgIpc) is 3.31. The van der Waals surface area contributed by atoms with Crippen LogP contribution >= 0.6 is 0 Å². The molecule has 1 atom stereocenters. The molecule has 3 aromatic heterocycles. The molecule has 36 heavy (non-hydrogen) atoms. The third kappa shape index (κ3) is 4.30. The number of nitrogens with zero attached hydrogens (tertiary/aromatic N) is 7. The quantitative estimate of drug-likeness (QED) is 0.474. The van der Waals surface area contributed by atoms with Gasteiger partial charge < -0.3 is 10.3 Å². The summed E-state index contributed by atoms with van der Waals surface area (Å²) in [6, 6.07) is 1.87. The van der Waals surface area contributed by atoms with Crippen molar-refractivity contribution in [2.45, 2.75) is 70.3 Å². The lowest BCUT2D eigenvalue weighted by molar-refractivity contribution is 0.0964. The number of aromatic nitrogens is 5. The van der Waals surface area contributed by atoms with Crippen LogP contribution in [0, 0.1) is 0 Å². The van der Waals surface area contributed by atoms with Gasteiger partial charge in [-0.05, 0) is 38.8 Å². The topological polar surface area (TPSA) is 136 Å². The molecule has 0 bridgehead atoms. The molecule has 3 aliphatic rings. The molecule has 186 valence electrons. The SMILES string of the molecule is C[C@@H](CC(=O)c1ncnc(N)c1CN1CCCC1)c1cc(C2=Nc3cnc(C4(C)CC4)nc3C2)no1. The number of fused-ring (bicyclic) bond motifs is 1. The van der Waals surface area contributed by atoms with Crippen molar-refractivity contribution in [1.82, 2.24) is 30.0 Å². The van der Waals surface area contributed by atoms with Gasteiger partial charge in [0.25, 0.3) is 0 Å². The Balaban J connectivity index is 1.14. The van der Waals surface area contributed by atoms with Crippen molar-refractivity contribution in [3.8, 4) is 0 Å². The van der Waals surface area contributed by atoms with Crippen LogP contribution in [0.25, 0.3) is 0 Å². The first-order chi connectivity index (χ1) is 17.4. The highest BCUT2D eigenvalue weighted by molar-refractivity contribution is 6.04. The monoisotopic (exact) mass is 486 g/mol. The molecule has 0 radical (unpaired) electrons. The summed E-state index contributed by atoms with van der Waals surface area (Å²) < 4.78 is 5.64. The van der Waals surface area contributed by atoms with Crippen LogP contribution in [-0.4, -0.2) is 54.6 Å². The zero-order valence-corrected chi connectivity index (χ0v) is 20.7. The highest BCUT2D eigenvalue weighted by Gasteiger charge is 2.42. The average molecular weight is 487 g/mol. The minimum Gasteiger partial charge on any atom is -0.383 e. The Morgan fingerprint density at radius 2 is 2.03 bits per heavy atom. The molecule has 0 unspecified atom stereocenters. The molecular formula is C26H30N8O2. The third-order valence-corrected chi connectivity index (χ3v) is 7.60. The van der Waals surface area contributed by atoms with Crippen molar-refractivity contribution < 1.29 is 9.32 Å². The number of Topliss-reactive ketones (excluding diaryl/α,β-unsaturated/α-hetero) is 1. The lowest BCUT2D eigenvalue weighted by atomic mass is 9.97. The van der Waals surface area contributed by atoms with E-state index in [1.54, 1.807) is 0 Å². The molecule has 10 heteroatoms. The fraction of sp³-hybridized carbons (Fsp3) is 0.500. The lowest BCUT2D eigenvalue weighted by Gasteiger charge is -2.18. The van der Waals surface area contributed by atoms with E-state index in [-0.39, 0.29) is 23.5 Å². The second-order valence-electron chi connectivity index (χ2n) is 10.5. The fourth-order valence-corrected chi connectivity index (χ4v) is 4.95. The number of likely N-dealkylation sites (tertiary alicyclic amines) is 1. The number of anilines is 1. The highest BCUT2D eigenvalue weighted by Crippen LogP contribution is 2.46. The normalized spacial score (nSPS) is 19.2. The molecule has 2 fully saturated rings. The van der Waals surface area contributed by atoms with Gasteiger partial charge in [0.05, 0.1) is 17.6 Å². The van der Waals surface area contributed by atoms with Gasteiger partial charge in [0, 0.05) is 42.3 Å². The number of aliphatic imine (C=N–C) groups is 1. The highest BCUT2D eigenvalue weighted by atomic mass is 16.5. The van der Waals surface area contributed by atoms with Crippen LogP contribution in [0.5, 0.6) is 0 Å². The van der Waals surface area contributed by atoms with Gasteiger partial charge in [0.15, 0.2) is 5.78 Å². The predicted octanol–water partition coefficient (Wildman–Crippen LogP) is 3.54. The second kappa shape index (κ2) is 8.85. The smallest absolute Gasteiger partial charge is 0.182 e. The van der Waals surface area contributed by atoms with Crippen LogP contribution in [-0.2, 0) is 18.4 Å². The first kappa shape index (κ1) is 22.9. The molecule has 6 rings (SSSR count).